The van der Waals surface area contributed by atoms with Crippen LogP contribution in [-0.2, 0) is 4.74 Å². The van der Waals surface area contributed by atoms with Gasteiger partial charge in [0.2, 0.25) is 11.8 Å². The minimum atomic E-state index is -1.24. The summed E-state index contributed by atoms with van der Waals surface area (Å²) in [5.74, 6) is 1.17. The first kappa shape index (κ1) is 28.2. The van der Waals surface area contributed by atoms with E-state index in [4.69, 9.17) is 9.47 Å². The quantitative estimate of drug-likeness (QED) is 0.452. The van der Waals surface area contributed by atoms with Gasteiger partial charge >= 0.3 is 12.1 Å². The second kappa shape index (κ2) is 13.3. The Morgan fingerprint density at radius 2 is 2.03 bits per heavy atom. The summed E-state index contributed by atoms with van der Waals surface area (Å²) in [7, 11) is 1.52. The van der Waals surface area contributed by atoms with Crippen molar-refractivity contribution in [3.05, 3.63) is 24.7 Å². The number of halogens is 1. The van der Waals surface area contributed by atoms with Crippen LogP contribution in [0.25, 0.3) is 0 Å². The predicted molar refractivity (Wildman–Crippen MR) is 143 cm³/mol. The molecule has 4 heterocycles. The van der Waals surface area contributed by atoms with Crippen LogP contribution in [0, 0.1) is 0 Å². The van der Waals surface area contributed by atoms with Gasteiger partial charge in [-0.2, -0.15) is 4.98 Å². The highest BCUT2D eigenvalue weighted by atomic mass is 19.1. The number of carbonyl (C=O) groups excluding carboxylic acids is 2. The second-order valence-electron chi connectivity index (χ2n) is 9.51. The summed E-state index contributed by atoms with van der Waals surface area (Å²) in [6, 6.07) is 0.623. The maximum atomic E-state index is 14.9. The average molecular weight is 546 g/mol. The third-order valence-electron chi connectivity index (χ3n) is 6.84. The summed E-state index contributed by atoms with van der Waals surface area (Å²) in [4.78, 5) is 45.3. The van der Waals surface area contributed by atoms with Gasteiger partial charge in [-0.1, -0.05) is 6.92 Å². The van der Waals surface area contributed by atoms with Crippen LogP contribution >= 0.6 is 0 Å². The molecule has 2 aromatic rings. The molecule has 2 fully saturated rings. The molecule has 39 heavy (non-hydrogen) atoms. The standard InChI is InChI=1S/C25H36FN9O4/c1-4-16-12-17(6-9-27-16)39-25(37)33-20-7-10-28-23(31-20)35-11-8-18(26)19(15-35)34(3)24(36)32-21-13-30-22(14-29-21)38-5-2/h7,10,13-14,16-19,27H,4-6,8-9,11-12,15H2,1-3H3,(H,29,32,36)(H,28,31,33,37)/t16-,17+,18-,19+/m1/s1. The molecule has 2 saturated heterocycles. The Bertz CT molecular complexity index is 1110. The summed E-state index contributed by atoms with van der Waals surface area (Å²) in [6.45, 7) is 5.71. The van der Waals surface area contributed by atoms with Gasteiger partial charge in [0.15, 0.2) is 5.82 Å². The Morgan fingerprint density at radius 1 is 1.18 bits per heavy atom. The molecule has 0 unspecified atom stereocenters. The molecule has 2 aromatic heterocycles. The van der Waals surface area contributed by atoms with Crippen LogP contribution in [0.5, 0.6) is 5.88 Å². The normalized spacial score (nSPS) is 23.0. The fourth-order valence-electron chi connectivity index (χ4n) is 4.64. The second-order valence-corrected chi connectivity index (χ2v) is 9.51. The number of rotatable bonds is 8. The lowest BCUT2D eigenvalue weighted by atomic mass is 10.0. The van der Waals surface area contributed by atoms with Crippen molar-refractivity contribution < 1.29 is 23.5 Å². The van der Waals surface area contributed by atoms with Crippen molar-refractivity contribution in [2.24, 2.45) is 0 Å². The topological polar surface area (TPSA) is 147 Å². The maximum absolute atomic E-state index is 14.9. The lowest BCUT2D eigenvalue weighted by molar-refractivity contribution is 0.0784. The van der Waals surface area contributed by atoms with Crippen molar-refractivity contribution in [1.29, 1.82) is 0 Å². The lowest BCUT2D eigenvalue weighted by Gasteiger charge is -2.39. The SMILES string of the molecule is CCOc1cnc(NC(=O)N(C)[C@H]2CN(c3nccc(NC(=O)O[C@H]4CCN[C@H](CC)C4)n3)CC[C@H]2F)cn1. The van der Waals surface area contributed by atoms with Crippen LogP contribution in [-0.4, -0.2) is 94.6 Å². The number of carbonyl (C=O) groups is 2. The third-order valence-corrected chi connectivity index (χ3v) is 6.84. The zero-order valence-electron chi connectivity index (χ0n) is 22.5. The molecule has 0 bridgehead atoms. The molecule has 4 atom stereocenters. The van der Waals surface area contributed by atoms with Crippen molar-refractivity contribution in [2.45, 2.75) is 63.9 Å². The van der Waals surface area contributed by atoms with Gasteiger partial charge in [-0.15, -0.1) is 0 Å². The van der Waals surface area contributed by atoms with Gasteiger partial charge in [0.1, 0.15) is 18.1 Å². The molecular weight excluding hydrogens is 509 g/mol. The van der Waals surface area contributed by atoms with E-state index in [0.29, 0.717) is 31.0 Å². The van der Waals surface area contributed by atoms with Gasteiger partial charge in [-0.3, -0.25) is 10.6 Å². The van der Waals surface area contributed by atoms with E-state index in [2.05, 4.69) is 42.8 Å². The molecule has 3 N–H and O–H groups in total. The number of amides is 3. The number of piperidine rings is 2. The number of nitrogens with zero attached hydrogens (tertiary/aromatic N) is 6. The average Bonchev–Trinajstić information content (AvgIpc) is 2.94. The van der Waals surface area contributed by atoms with E-state index in [1.54, 1.807) is 11.0 Å². The first-order chi connectivity index (χ1) is 18.9. The van der Waals surface area contributed by atoms with Gasteiger partial charge in [0, 0.05) is 32.4 Å². The zero-order valence-corrected chi connectivity index (χ0v) is 22.5. The summed E-state index contributed by atoms with van der Waals surface area (Å²) in [6.07, 6.45) is 5.01. The number of aromatic nitrogens is 4. The van der Waals surface area contributed by atoms with Crippen LogP contribution in [0.1, 0.15) is 39.5 Å². The van der Waals surface area contributed by atoms with E-state index in [0.717, 1.165) is 25.8 Å². The summed E-state index contributed by atoms with van der Waals surface area (Å²) in [5.41, 5.74) is 0. The molecule has 0 saturated carbocycles. The molecule has 3 amide bonds. The Morgan fingerprint density at radius 3 is 2.77 bits per heavy atom. The minimum Gasteiger partial charge on any atom is -0.477 e. The fraction of sp³-hybridized carbons (Fsp3) is 0.600. The summed E-state index contributed by atoms with van der Waals surface area (Å²) < 4.78 is 25.8. The highest BCUT2D eigenvalue weighted by Crippen LogP contribution is 2.23. The molecule has 0 aromatic carbocycles. The molecule has 212 valence electrons. The van der Waals surface area contributed by atoms with Crippen LogP contribution in [0.2, 0.25) is 0 Å². The van der Waals surface area contributed by atoms with Crippen molar-refractivity contribution in [2.75, 3.05) is 48.8 Å². The fourth-order valence-corrected chi connectivity index (χ4v) is 4.64. The van der Waals surface area contributed by atoms with E-state index in [-0.39, 0.29) is 30.7 Å². The van der Waals surface area contributed by atoms with Gasteiger partial charge in [-0.05, 0) is 45.2 Å². The molecule has 2 aliphatic heterocycles. The monoisotopic (exact) mass is 545 g/mol. The molecule has 13 nitrogen and oxygen atoms in total. The number of ether oxygens (including phenoxy) is 2. The summed E-state index contributed by atoms with van der Waals surface area (Å²) in [5, 5.41) is 8.70. The Kier molecular flexibility index (Phi) is 9.63. The molecular formula is C25H36FN9O4. The van der Waals surface area contributed by atoms with Crippen molar-refractivity contribution in [3.8, 4) is 5.88 Å². The lowest BCUT2D eigenvalue weighted by Crippen LogP contribution is -2.55. The summed E-state index contributed by atoms with van der Waals surface area (Å²) >= 11 is 0. The minimum absolute atomic E-state index is 0.155. The zero-order chi connectivity index (χ0) is 27.8. The number of hydrogen-bond acceptors (Lipinski definition) is 10. The van der Waals surface area contributed by atoms with E-state index < -0.39 is 24.3 Å². The molecule has 0 aliphatic carbocycles. The number of hydrogen-bond donors (Lipinski definition) is 3. The highest BCUT2D eigenvalue weighted by Gasteiger charge is 2.35. The molecule has 0 radical (unpaired) electrons. The number of anilines is 3. The maximum Gasteiger partial charge on any atom is 0.413 e. The van der Waals surface area contributed by atoms with Crippen molar-refractivity contribution in [3.63, 3.8) is 0 Å². The van der Waals surface area contributed by atoms with E-state index >= 15 is 0 Å². The van der Waals surface area contributed by atoms with Crippen LogP contribution in [0.4, 0.5) is 31.6 Å². The number of nitrogens with one attached hydrogen (secondary N) is 3. The van der Waals surface area contributed by atoms with Gasteiger partial charge in [0.25, 0.3) is 0 Å². The predicted octanol–water partition coefficient (Wildman–Crippen LogP) is 2.83. The van der Waals surface area contributed by atoms with E-state index in [9.17, 15) is 14.0 Å². The number of likely N-dealkylation sites (N-methyl/N-ethyl adjacent to an activating group) is 1. The van der Waals surface area contributed by atoms with E-state index in [1.165, 1.54) is 30.5 Å². The van der Waals surface area contributed by atoms with E-state index in [1.807, 2.05) is 6.92 Å². The van der Waals surface area contributed by atoms with Crippen molar-refractivity contribution in [1.82, 2.24) is 30.2 Å². The first-order valence-electron chi connectivity index (χ1n) is 13.3. The van der Waals surface area contributed by atoms with Gasteiger partial charge < -0.3 is 24.6 Å². The smallest absolute Gasteiger partial charge is 0.413 e. The number of urea groups is 1. The van der Waals surface area contributed by atoms with Crippen LogP contribution in [0.15, 0.2) is 24.7 Å². The third kappa shape index (κ3) is 7.62. The molecule has 0 spiro atoms. The van der Waals surface area contributed by atoms with Crippen molar-refractivity contribution >= 4 is 29.7 Å². The first-order valence-corrected chi connectivity index (χ1v) is 13.3. The Labute approximate surface area is 226 Å². The Hall–Kier alpha value is -3.81. The Balaban J connectivity index is 1.34. The van der Waals surface area contributed by atoms with Gasteiger partial charge in [0.05, 0.1) is 25.0 Å². The van der Waals surface area contributed by atoms with Gasteiger partial charge in [-0.25, -0.2) is 28.9 Å². The molecule has 2 aliphatic rings. The van der Waals surface area contributed by atoms with Crippen LogP contribution < -0.4 is 25.6 Å². The van der Waals surface area contributed by atoms with Crippen LogP contribution in [0.3, 0.4) is 0 Å². The molecule has 4 rings (SSSR count). The largest absolute Gasteiger partial charge is 0.477 e. The number of alkyl halides is 1. The highest BCUT2D eigenvalue weighted by molar-refractivity contribution is 5.88. The molecule has 14 heteroatoms.